The summed E-state index contributed by atoms with van der Waals surface area (Å²) in [5.41, 5.74) is 4.71. The van der Waals surface area contributed by atoms with Crippen LogP contribution in [0, 0.1) is 5.92 Å². The Morgan fingerprint density at radius 2 is 1.86 bits per heavy atom. The molecule has 1 aromatic rings. The van der Waals surface area contributed by atoms with E-state index in [0.29, 0.717) is 12.3 Å². The average molecular weight is 428 g/mol. The molecule has 0 aromatic heterocycles. The van der Waals surface area contributed by atoms with Gasteiger partial charge in [0.25, 0.3) is 0 Å². The SMILES string of the molecule is C[C@](N)(COP(=O)(O)O)C(=O)Nc1ccc(OCCCCC2CCCCC2)cc1. The molecule has 29 heavy (non-hydrogen) atoms. The van der Waals surface area contributed by atoms with E-state index in [0.717, 1.165) is 18.1 Å². The van der Waals surface area contributed by atoms with E-state index < -0.39 is 25.9 Å². The van der Waals surface area contributed by atoms with Crippen LogP contribution < -0.4 is 15.8 Å². The fourth-order valence-corrected chi connectivity index (χ4v) is 3.83. The van der Waals surface area contributed by atoms with Gasteiger partial charge in [-0.3, -0.25) is 9.32 Å². The van der Waals surface area contributed by atoms with E-state index in [2.05, 4.69) is 9.84 Å². The normalized spacial score (nSPS) is 17.5. The number of phosphoric ester groups is 1. The van der Waals surface area contributed by atoms with Crippen LogP contribution in [0.1, 0.15) is 58.3 Å². The number of phosphoric acid groups is 1. The number of nitrogens with two attached hydrogens (primary N) is 1. The van der Waals surface area contributed by atoms with Crippen molar-refractivity contribution in [3.63, 3.8) is 0 Å². The van der Waals surface area contributed by atoms with Crippen LogP contribution in [-0.2, 0) is 13.9 Å². The zero-order valence-corrected chi connectivity index (χ0v) is 17.9. The Balaban J connectivity index is 1.69. The molecule has 0 unspecified atom stereocenters. The number of carbonyl (C=O) groups is 1. The summed E-state index contributed by atoms with van der Waals surface area (Å²) in [7, 11) is -4.69. The van der Waals surface area contributed by atoms with Gasteiger partial charge in [0, 0.05) is 5.69 Å². The zero-order chi connectivity index (χ0) is 21.3. The lowest BCUT2D eigenvalue weighted by atomic mass is 9.86. The van der Waals surface area contributed by atoms with Gasteiger partial charge in [-0.1, -0.05) is 38.5 Å². The van der Waals surface area contributed by atoms with Crippen molar-refractivity contribution in [2.75, 3.05) is 18.5 Å². The van der Waals surface area contributed by atoms with Crippen LogP contribution in [0.2, 0.25) is 0 Å². The predicted molar refractivity (Wildman–Crippen MR) is 112 cm³/mol. The largest absolute Gasteiger partial charge is 0.494 e. The average Bonchev–Trinajstić information content (AvgIpc) is 2.68. The third kappa shape index (κ3) is 9.28. The number of benzene rings is 1. The van der Waals surface area contributed by atoms with Gasteiger partial charge in [0.05, 0.1) is 13.2 Å². The van der Waals surface area contributed by atoms with E-state index in [1.807, 2.05) is 0 Å². The number of rotatable bonds is 11. The monoisotopic (exact) mass is 428 g/mol. The van der Waals surface area contributed by atoms with Gasteiger partial charge in [0.15, 0.2) is 0 Å². The van der Waals surface area contributed by atoms with E-state index in [4.69, 9.17) is 20.3 Å². The lowest BCUT2D eigenvalue weighted by Gasteiger charge is -2.23. The van der Waals surface area contributed by atoms with Crippen molar-refractivity contribution in [2.24, 2.45) is 11.7 Å². The van der Waals surface area contributed by atoms with Gasteiger partial charge in [-0.25, -0.2) is 4.57 Å². The van der Waals surface area contributed by atoms with Gasteiger partial charge < -0.3 is 25.6 Å². The number of carbonyl (C=O) groups excluding carboxylic acids is 1. The van der Waals surface area contributed by atoms with Gasteiger partial charge in [0.2, 0.25) is 5.91 Å². The number of amides is 1. The molecule has 0 radical (unpaired) electrons. The molecule has 1 atom stereocenters. The maximum Gasteiger partial charge on any atom is 0.469 e. The van der Waals surface area contributed by atoms with E-state index in [1.165, 1.54) is 51.9 Å². The Kier molecular flexibility index (Phi) is 9.11. The standard InChI is InChI=1S/C20H33N2O6P/c1-20(21,15-28-29(24,25)26)19(23)22-17-10-12-18(13-11-17)27-14-6-5-9-16-7-3-2-4-8-16/h10-13,16H,2-9,14-15,21H2,1H3,(H,22,23)(H2,24,25,26)/t20-/m0/s1. The molecule has 164 valence electrons. The zero-order valence-electron chi connectivity index (χ0n) is 17.0. The first-order valence-corrected chi connectivity index (χ1v) is 11.7. The van der Waals surface area contributed by atoms with Gasteiger partial charge >= 0.3 is 7.82 Å². The van der Waals surface area contributed by atoms with Crippen LogP contribution in [-0.4, -0.2) is 34.4 Å². The highest BCUT2D eigenvalue weighted by Crippen LogP contribution is 2.36. The molecule has 0 heterocycles. The van der Waals surface area contributed by atoms with E-state index in [1.54, 1.807) is 24.3 Å². The summed E-state index contributed by atoms with van der Waals surface area (Å²) < 4.78 is 20.9. The molecule has 0 spiro atoms. The number of anilines is 1. The van der Waals surface area contributed by atoms with Crippen LogP contribution in [0.15, 0.2) is 24.3 Å². The topological polar surface area (TPSA) is 131 Å². The number of hydrogen-bond donors (Lipinski definition) is 4. The summed E-state index contributed by atoms with van der Waals surface area (Å²) in [5.74, 6) is 1.01. The van der Waals surface area contributed by atoms with Crippen LogP contribution in [0.5, 0.6) is 5.75 Å². The molecule has 5 N–H and O–H groups in total. The number of ether oxygens (including phenoxy) is 1. The Labute approximate surface area is 172 Å². The molecular formula is C20H33N2O6P. The second-order valence-electron chi connectivity index (χ2n) is 8.01. The van der Waals surface area contributed by atoms with Crippen molar-refractivity contribution < 1.29 is 28.4 Å². The predicted octanol–water partition coefficient (Wildman–Crippen LogP) is 3.58. The Morgan fingerprint density at radius 1 is 1.21 bits per heavy atom. The molecule has 1 fully saturated rings. The maximum atomic E-state index is 12.2. The lowest BCUT2D eigenvalue weighted by molar-refractivity contribution is -0.121. The summed E-state index contributed by atoms with van der Waals surface area (Å²) in [5, 5.41) is 2.61. The third-order valence-corrected chi connectivity index (χ3v) is 5.63. The lowest BCUT2D eigenvalue weighted by Crippen LogP contribution is -2.52. The van der Waals surface area contributed by atoms with Crippen molar-refractivity contribution in [3.8, 4) is 5.75 Å². The summed E-state index contributed by atoms with van der Waals surface area (Å²) >= 11 is 0. The Hall–Kier alpha value is -1.44. The molecular weight excluding hydrogens is 395 g/mol. The Morgan fingerprint density at radius 3 is 2.48 bits per heavy atom. The first kappa shape index (κ1) is 23.8. The van der Waals surface area contributed by atoms with E-state index in [9.17, 15) is 9.36 Å². The number of unbranched alkanes of at least 4 members (excludes halogenated alkanes) is 1. The molecule has 8 nitrogen and oxygen atoms in total. The highest BCUT2D eigenvalue weighted by molar-refractivity contribution is 7.46. The van der Waals surface area contributed by atoms with Crippen molar-refractivity contribution in [1.82, 2.24) is 0 Å². The summed E-state index contributed by atoms with van der Waals surface area (Å²) in [6, 6.07) is 6.90. The van der Waals surface area contributed by atoms with Crippen molar-refractivity contribution in [3.05, 3.63) is 24.3 Å². The summed E-state index contributed by atoms with van der Waals surface area (Å²) in [6.07, 6.45) is 10.4. The minimum absolute atomic E-state index is 0.507. The molecule has 1 amide bonds. The molecule has 0 aliphatic heterocycles. The molecule has 1 aliphatic rings. The van der Waals surface area contributed by atoms with Gasteiger partial charge in [-0.15, -0.1) is 0 Å². The van der Waals surface area contributed by atoms with Gasteiger partial charge in [0.1, 0.15) is 11.3 Å². The van der Waals surface area contributed by atoms with E-state index >= 15 is 0 Å². The first-order valence-electron chi connectivity index (χ1n) is 10.2. The first-order chi connectivity index (χ1) is 13.7. The highest BCUT2D eigenvalue weighted by Gasteiger charge is 2.32. The molecule has 9 heteroatoms. The van der Waals surface area contributed by atoms with Crippen LogP contribution in [0.3, 0.4) is 0 Å². The van der Waals surface area contributed by atoms with Crippen molar-refractivity contribution >= 4 is 19.4 Å². The smallest absolute Gasteiger partial charge is 0.469 e. The molecule has 2 rings (SSSR count). The highest BCUT2D eigenvalue weighted by atomic mass is 31.2. The molecule has 1 aliphatic carbocycles. The Bertz CT molecular complexity index is 683. The minimum Gasteiger partial charge on any atom is -0.494 e. The number of nitrogens with one attached hydrogen (secondary N) is 1. The van der Waals surface area contributed by atoms with E-state index in [-0.39, 0.29) is 0 Å². The van der Waals surface area contributed by atoms with Crippen molar-refractivity contribution in [1.29, 1.82) is 0 Å². The fourth-order valence-electron chi connectivity index (χ4n) is 3.39. The van der Waals surface area contributed by atoms with Crippen LogP contribution in [0.4, 0.5) is 5.69 Å². The second-order valence-corrected chi connectivity index (χ2v) is 9.25. The quantitative estimate of drug-likeness (QED) is 0.313. The summed E-state index contributed by atoms with van der Waals surface area (Å²) in [6.45, 7) is 1.40. The fraction of sp³-hybridized carbons (Fsp3) is 0.650. The van der Waals surface area contributed by atoms with Crippen LogP contribution in [0.25, 0.3) is 0 Å². The molecule has 1 saturated carbocycles. The third-order valence-electron chi connectivity index (χ3n) is 5.16. The maximum absolute atomic E-state index is 12.2. The van der Waals surface area contributed by atoms with Crippen LogP contribution >= 0.6 is 7.82 Å². The molecule has 0 saturated heterocycles. The minimum atomic E-state index is -4.69. The number of hydrogen-bond acceptors (Lipinski definition) is 5. The van der Waals surface area contributed by atoms with Gasteiger partial charge in [-0.05, 0) is 49.9 Å². The van der Waals surface area contributed by atoms with Gasteiger partial charge in [-0.2, -0.15) is 0 Å². The van der Waals surface area contributed by atoms with Crippen molar-refractivity contribution in [2.45, 2.75) is 63.8 Å². The molecule has 1 aromatic carbocycles. The second kappa shape index (κ2) is 11.1. The molecule has 0 bridgehead atoms. The summed E-state index contributed by atoms with van der Waals surface area (Å²) in [4.78, 5) is 29.7.